The van der Waals surface area contributed by atoms with Crippen molar-refractivity contribution in [1.82, 2.24) is 15.2 Å². The molecule has 1 aliphatic heterocycles. The number of nitrogens with one attached hydrogen (secondary N) is 2. The summed E-state index contributed by atoms with van der Waals surface area (Å²) < 4.78 is 0. The first kappa shape index (κ1) is 19.2. The van der Waals surface area contributed by atoms with E-state index in [1.165, 1.54) is 16.2 Å². The van der Waals surface area contributed by atoms with E-state index in [-0.39, 0.29) is 12.5 Å². The van der Waals surface area contributed by atoms with E-state index in [1.54, 1.807) is 0 Å². The van der Waals surface area contributed by atoms with Gasteiger partial charge in [0.25, 0.3) is 5.91 Å². The van der Waals surface area contributed by atoms with Gasteiger partial charge in [-0.3, -0.25) is 14.5 Å². The normalized spacial score (nSPS) is 25.1. The van der Waals surface area contributed by atoms with Crippen LogP contribution in [-0.4, -0.2) is 34.3 Å². The summed E-state index contributed by atoms with van der Waals surface area (Å²) in [7, 11) is 0. The molecule has 2 aromatic rings. The second-order valence-corrected chi connectivity index (χ2v) is 9.61. The number of imide groups is 1. The lowest BCUT2D eigenvalue weighted by molar-refractivity contribution is -0.134. The lowest BCUT2D eigenvalue weighted by Gasteiger charge is -2.33. The Kier molecular flexibility index (Phi) is 4.61. The number of aryl methyl sites for hydroxylation is 2. The smallest absolute Gasteiger partial charge is 0.319 e. The standard InChI is InChI=1S/C22H24N4O3S/c1-13-8-9-16-17(11-13)30-20(23-16)24-18(27)12-26-19(28)22(25-21(26)29)10-4-6-14-5-2-3-7-15(14)22/h2-3,5,7,13H,4,6,8-12H2,1H3,(H,25,29)(H,23,24,27). The van der Waals surface area contributed by atoms with Gasteiger partial charge >= 0.3 is 6.03 Å². The van der Waals surface area contributed by atoms with Crippen LogP contribution in [0.1, 0.15) is 47.9 Å². The third-order valence-corrected chi connectivity index (χ3v) is 7.42. The molecule has 30 heavy (non-hydrogen) atoms. The molecule has 2 heterocycles. The Morgan fingerprint density at radius 3 is 3.03 bits per heavy atom. The largest absolute Gasteiger partial charge is 0.325 e. The van der Waals surface area contributed by atoms with Crippen molar-refractivity contribution in [2.45, 2.75) is 51.0 Å². The van der Waals surface area contributed by atoms with E-state index in [0.29, 0.717) is 17.5 Å². The molecule has 0 saturated carbocycles. The SMILES string of the molecule is CC1CCc2nc(NC(=O)CN3C(=O)NC4(CCCc5ccccc54)C3=O)sc2C1. The van der Waals surface area contributed by atoms with Gasteiger partial charge in [-0.25, -0.2) is 9.78 Å². The Morgan fingerprint density at radius 1 is 1.33 bits per heavy atom. The number of hydrogen-bond donors (Lipinski definition) is 2. The number of urea groups is 1. The predicted molar refractivity (Wildman–Crippen MR) is 113 cm³/mol. The number of benzene rings is 1. The number of hydrogen-bond acceptors (Lipinski definition) is 5. The maximum atomic E-state index is 13.3. The molecule has 3 aliphatic rings. The second-order valence-electron chi connectivity index (χ2n) is 8.52. The van der Waals surface area contributed by atoms with Crippen molar-refractivity contribution in [2.24, 2.45) is 5.92 Å². The summed E-state index contributed by atoms with van der Waals surface area (Å²) in [6.45, 7) is 1.91. The van der Waals surface area contributed by atoms with Gasteiger partial charge in [0, 0.05) is 4.88 Å². The fourth-order valence-corrected chi connectivity index (χ4v) is 6.04. The van der Waals surface area contributed by atoms with Gasteiger partial charge in [-0.05, 0) is 55.6 Å². The first-order chi connectivity index (χ1) is 14.5. The Morgan fingerprint density at radius 2 is 2.17 bits per heavy atom. The van der Waals surface area contributed by atoms with Crippen LogP contribution in [0.5, 0.6) is 0 Å². The van der Waals surface area contributed by atoms with Crippen LogP contribution in [0.15, 0.2) is 24.3 Å². The van der Waals surface area contributed by atoms with Gasteiger partial charge in [0.05, 0.1) is 5.69 Å². The van der Waals surface area contributed by atoms with Crippen LogP contribution >= 0.6 is 11.3 Å². The maximum Gasteiger partial charge on any atom is 0.325 e. The molecule has 5 rings (SSSR count). The van der Waals surface area contributed by atoms with E-state index in [9.17, 15) is 14.4 Å². The zero-order chi connectivity index (χ0) is 20.9. The van der Waals surface area contributed by atoms with Crippen molar-refractivity contribution in [3.05, 3.63) is 46.0 Å². The molecule has 1 aromatic carbocycles. The quantitative estimate of drug-likeness (QED) is 0.741. The molecule has 1 aromatic heterocycles. The number of amides is 4. The van der Waals surface area contributed by atoms with E-state index in [2.05, 4.69) is 22.5 Å². The van der Waals surface area contributed by atoms with Gasteiger partial charge in [-0.1, -0.05) is 31.2 Å². The van der Waals surface area contributed by atoms with Gasteiger partial charge in [0.15, 0.2) is 5.13 Å². The Labute approximate surface area is 178 Å². The summed E-state index contributed by atoms with van der Waals surface area (Å²) in [5.41, 5.74) is 1.93. The van der Waals surface area contributed by atoms with Crippen molar-refractivity contribution in [3.8, 4) is 0 Å². The fraction of sp³-hybridized carbons (Fsp3) is 0.455. The van der Waals surface area contributed by atoms with E-state index in [0.717, 1.165) is 53.8 Å². The molecular formula is C22H24N4O3S. The molecule has 1 saturated heterocycles. The third kappa shape index (κ3) is 3.10. The van der Waals surface area contributed by atoms with Gasteiger partial charge in [-0.2, -0.15) is 0 Å². The topological polar surface area (TPSA) is 91.4 Å². The van der Waals surface area contributed by atoms with Gasteiger partial charge in [-0.15, -0.1) is 11.3 Å². The van der Waals surface area contributed by atoms with Crippen molar-refractivity contribution in [1.29, 1.82) is 0 Å². The van der Waals surface area contributed by atoms with Gasteiger partial charge in [0.2, 0.25) is 5.91 Å². The maximum absolute atomic E-state index is 13.3. The average molecular weight is 425 g/mol. The number of carbonyl (C=O) groups is 3. The molecular weight excluding hydrogens is 400 g/mol. The van der Waals surface area contributed by atoms with Crippen LogP contribution in [0.25, 0.3) is 0 Å². The van der Waals surface area contributed by atoms with Crippen LogP contribution < -0.4 is 10.6 Å². The van der Waals surface area contributed by atoms with Crippen LogP contribution in [0, 0.1) is 5.92 Å². The minimum Gasteiger partial charge on any atom is -0.319 e. The summed E-state index contributed by atoms with van der Waals surface area (Å²) in [6, 6.07) is 7.21. The van der Waals surface area contributed by atoms with Gasteiger partial charge < -0.3 is 10.6 Å². The minimum absolute atomic E-state index is 0.310. The zero-order valence-electron chi connectivity index (χ0n) is 16.9. The van der Waals surface area contributed by atoms with Crippen LogP contribution in [0.2, 0.25) is 0 Å². The van der Waals surface area contributed by atoms with Gasteiger partial charge in [0.1, 0.15) is 12.1 Å². The lowest BCUT2D eigenvalue weighted by Crippen LogP contribution is -2.47. The molecule has 7 nitrogen and oxygen atoms in total. The summed E-state index contributed by atoms with van der Waals surface area (Å²) in [6.07, 6.45) is 5.26. The molecule has 156 valence electrons. The first-order valence-corrected chi connectivity index (χ1v) is 11.3. The molecule has 0 radical (unpaired) electrons. The molecule has 2 atom stereocenters. The highest BCUT2D eigenvalue weighted by molar-refractivity contribution is 7.15. The molecule has 4 amide bonds. The summed E-state index contributed by atoms with van der Waals surface area (Å²) in [5, 5.41) is 6.22. The molecule has 1 fully saturated rings. The monoisotopic (exact) mass is 424 g/mol. The molecule has 2 N–H and O–H groups in total. The van der Waals surface area contributed by atoms with Crippen LogP contribution in [-0.2, 0) is 34.4 Å². The minimum atomic E-state index is -1.05. The highest BCUT2D eigenvalue weighted by atomic mass is 32.1. The number of thiazole rings is 1. The summed E-state index contributed by atoms with van der Waals surface area (Å²) >= 11 is 1.49. The van der Waals surface area contributed by atoms with E-state index < -0.39 is 17.5 Å². The molecule has 1 spiro atoms. The van der Waals surface area contributed by atoms with E-state index >= 15 is 0 Å². The summed E-state index contributed by atoms with van der Waals surface area (Å²) in [5.74, 6) is -0.122. The van der Waals surface area contributed by atoms with Crippen LogP contribution in [0.3, 0.4) is 0 Å². The number of nitrogens with zero attached hydrogens (tertiary/aromatic N) is 2. The number of carbonyl (C=O) groups excluding carboxylic acids is 3. The lowest BCUT2D eigenvalue weighted by atomic mass is 9.76. The number of aromatic nitrogens is 1. The third-order valence-electron chi connectivity index (χ3n) is 6.38. The fourth-order valence-electron chi connectivity index (χ4n) is 4.85. The Hall–Kier alpha value is -2.74. The predicted octanol–water partition coefficient (Wildman–Crippen LogP) is 2.99. The number of anilines is 1. The summed E-state index contributed by atoms with van der Waals surface area (Å²) in [4.78, 5) is 45.4. The highest BCUT2D eigenvalue weighted by Gasteiger charge is 2.54. The van der Waals surface area contributed by atoms with E-state index in [4.69, 9.17) is 0 Å². The number of rotatable bonds is 3. The Balaban J connectivity index is 1.32. The van der Waals surface area contributed by atoms with Crippen molar-refractivity contribution < 1.29 is 14.4 Å². The van der Waals surface area contributed by atoms with E-state index in [1.807, 2.05) is 24.3 Å². The zero-order valence-corrected chi connectivity index (χ0v) is 17.7. The van der Waals surface area contributed by atoms with Crippen molar-refractivity contribution in [2.75, 3.05) is 11.9 Å². The highest BCUT2D eigenvalue weighted by Crippen LogP contribution is 2.40. The van der Waals surface area contributed by atoms with Crippen molar-refractivity contribution in [3.63, 3.8) is 0 Å². The second kappa shape index (κ2) is 7.19. The molecule has 2 aliphatic carbocycles. The molecule has 8 heteroatoms. The van der Waals surface area contributed by atoms with Crippen LogP contribution in [0.4, 0.5) is 9.93 Å². The number of fused-ring (bicyclic) bond motifs is 3. The molecule has 2 unspecified atom stereocenters. The van der Waals surface area contributed by atoms with Crippen molar-refractivity contribution >= 4 is 34.3 Å². The molecule has 0 bridgehead atoms. The first-order valence-electron chi connectivity index (χ1n) is 10.5. The average Bonchev–Trinajstić information content (AvgIpc) is 3.22. The Bertz CT molecular complexity index is 1050.